The molecule has 150 valence electrons. The number of imidazole rings is 1. The molecule has 1 aromatic heterocycles. The van der Waals surface area contributed by atoms with Crippen molar-refractivity contribution in [2.45, 2.75) is 12.8 Å². The van der Waals surface area contributed by atoms with Crippen molar-refractivity contribution >= 4 is 17.4 Å². The summed E-state index contributed by atoms with van der Waals surface area (Å²) >= 11 is 0. The monoisotopic (exact) mass is 403 g/mol. The average molecular weight is 403 g/mol. The number of nitrogens with zero attached hydrogens (tertiary/aromatic N) is 2. The molecule has 0 radical (unpaired) electrons. The minimum Gasteiger partial charge on any atom is -0.406 e. The summed E-state index contributed by atoms with van der Waals surface area (Å²) < 4.78 is 41.9. The Balaban J connectivity index is 1.58. The van der Waals surface area contributed by atoms with E-state index in [9.17, 15) is 22.8 Å². The van der Waals surface area contributed by atoms with Crippen molar-refractivity contribution in [1.82, 2.24) is 9.55 Å². The molecular weight excluding hydrogens is 387 g/mol. The number of hydrogen-bond acceptors (Lipinski definition) is 4. The smallest absolute Gasteiger partial charge is 0.406 e. The highest BCUT2D eigenvalue weighted by atomic mass is 19.4. The lowest BCUT2D eigenvalue weighted by atomic mass is 10.1. The lowest BCUT2D eigenvalue weighted by molar-refractivity contribution is -0.274. The molecule has 0 unspecified atom stereocenters. The van der Waals surface area contributed by atoms with Gasteiger partial charge in [0, 0.05) is 30.7 Å². The highest BCUT2D eigenvalue weighted by Gasteiger charge is 2.30. The van der Waals surface area contributed by atoms with Crippen molar-refractivity contribution in [3.05, 3.63) is 77.9 Å². The molecule has 0 saturated carbocycles. The number of nitrogens with one attached hydrogen (secondary N) is 1. The van der Waals surface area contributed by atoms with Gasteiger partial charge in [0.25, 0.3) is 0 Å². The molecule has 6 nitrogen and oxygen atoms in total. The van der Waals surface area contributed by atoms with Gasteiger partial charge in [-0.15, -0.1) is 13.2 Å². The number of aryl methyl sites for hydroxylation is 1. The molecule has 3 aromatic rings. The Kier molecular flexibility index (Phi) is 5.67. The molecule has 0 saturated heterocycles. The number of carbonyl (C=O) groups excluding carboxylic acids is 2. The van der Waals surface area contributed by atoms with Crippen molar-refractivity contribution in [2.75, 3.05) is 5.32 Å². The van der Waals surface area contributed by atoms with E-state index in [-0.39, 0.29) is 23.9 Å². The summed E-state index contributed by atoms with van der Waals surface area (Å²) in [6.07, 6.45) is -1.59. The number of rotatable bonds is 6. The van der Waals surface area contributed by atoms with Gasteiger partial charge in [-0.3, -0.25) is 9.59 Å². The number of amides is 1. The Bertz CT molecular complexity index is 1010. The van der Waals surface area contributed by atoms with Crippen LogP contribution in [0.2, 0.25) is 0 Å². The predicted octanol–water partition coefficient (Wildman–Crippen LogP) is 3.73. The third-order valence-corrected chi connectivity index (χ3v) is 3.98. The van der Waals surface area contributed by atoms with Crippen LogP contribution in [0.3, 0.4) is 0 Å². The van der Waals surface area contributed by atoms with Crippen molar-refractivity contribution in [2.24, 2.45) is 7.05 Å². The minimum absolute atomic E-state index is 0.0275. The van der Waals surface area contributed by atoms with E-state index >= 15 is 0 Å². The molecule has 0 fully saturated rings. The fourth-order valence-electron chi connectivity index (χ4n) is 2.62. The zero-order valence-electron chi connectivity index (χ0n) is 15.2. The molecule has 0 atom stereocenters. The number of alkyl halides is 3. The second-order valence-corrected chi connectivity index (χ2v) is 6.18. The first-order valence-corrected chi connectivity index (χ1v) is 8.48. The van der Waals surface area contributed by atoms with Crippen LogP contribution < -0.4 is 10.1 Å². The second kappa shape index (κ2) is 8.17. The lowest BCUT2D eigenvalue weighted by Gasteiger charge is -2.09. The number of carbonyl (C=O) groups is 2. The number of hydrogen-bond donors (Lipinski definition) is 1. The van der Waals surface area contributed by atoms with Crippen LogP contribution in [0.1, 0.15) is 21.7 Å². The SMILES string of the molecule is Cn1ccnc1C(=O)c1ccc(NC(=O)Cc2ccc(OC(F)(F)F)cc2)cc1. The Morgan fingerprint density at radius 3 is 2.28 bits per heavy atom. The Hall–Kier alpha value is -3.62. The lowest BCUT2D eigenvalue weighted by Crippen LogP contribution is -2.17. The highest BCUT2D eigenvalue weighted by molar-refractivity contribution is 6.07. The normalized spacial score (nSPS) is 11.2. The van der Waals surface area contributed by atoms with Gasteiger partial charge in [0.2, 0.25) is 11.7 Å². The molecule has 9 heteroatoms. The van der Waals surface area contributed by atoms with Crippen LogP contribution in [0.25, 0.3) is 0 Å². The molecule has 0 bridgehead atoms. The molecule has 29 heavy (non-hydrogen) atoms. The van der Waals surface area contributed by atoms with Crippen LogP contribution in [0.15, 0.2) is 60.9 Å². The van der Waals surface area contributed by atoms with Gasteiger partial charge < -0.3 is 14.6 Å². The molecule has 0 aliphatic rings. The van der Waals surface area contributed by atoms with Gasteiger partial charge >= 0.3 is 6.36 Å². The van der Waals surface area contributed by atoms with Crippen LogP contribution in [-0.4, -0.2) is 27.6 Å². The van der Waals surface area contributed by atoms with Gasteiger partial charge in [0.1, 0.15) is 5.75 Å². The first kappa shape index (κ1) is 20.1. The van der Waals surface area contributed by atoms with Crippen molar-refractivity contribution in [1.29, 1.82) is 0 Å². The zero-order valence-corrected chi connectivity index (χ0v) is 15.2. The largest absolute Gasteiger partial charge is 0.573 e. The summed E-state index contributed by atoms with van der Waals surface area (Å²) in [7, 11) is 1.72. The van der Waals surface area contributed by atoms with Crippen LogP contribution >= 0.6 is 0 Å². The minimum atomic E-state index is -4.76. The number of ether oxygens (including phenoxy) is 1. The molecule has 1 N–H and O–H groups in total. The molecule has 1 amide bonds. The summed E-state index contributed by atoms with van der Waals surface area (Å²) in [5, 5.41) is 2.67. The van der Waals surface area contributed by atoms with Crippen LogP contribution in [-0.2, 0) is 18.3 Å². The molecular formula is C20H16F3N3O3. The van der Waals surface area contributed by atoms with E-state index in [0.29, 0.717) is 22.6 Å². The van der Waals surface area contributed by atoms with Crippen LogP contribution in [0, 0.1) is 0 Å². The summed E-state index contributed by atoms with van der Waals surface area (Å²) in [4.78, 5) is 28.5. The van der Waals surface area contributed by atoms with Gasteiger partial charge in [0.05, 0.1) is 6.42 Å². The van der Waals surface area contributed by atoms with Gasteiger partial charge in [-0.05, 0) is 42.0 Å². The maximum absolute atomic E-state index is 12.4. The molecule has 0 aliphatic carbocycles. The predicted molar refractivity (Wildman–Crippen MR) is 98.5 cm³/mol. The Morgan fingerprint density at radius 2 is 1.72 bits per heavy atom. The highest BCUT2D eigenvalue weighted by Crippen LogP contribution is 2.23. The van der Waals surface area contributed by atoms with Crippen LogP contribution in [0.4, 0.5) is 18.9 Å². The third kappa shape index (κ3) is 5.44. The zero-order chi connectivity index (χ0) is 21.0. The van der Waals surface area contributed by atoms with E-state index in [4.69, 9.17) is 0 Å². The maximum atomic E-state index is 12.4. The number of anilines is 1. The second-order valence-electron chi connectivity index (χ2n) is 6.18. The Labute approximate surface area is 163 Å². The number of benzene rings is 2. The van der Waals surface area contributed by atoms with Gasteiger partial charge in [0.15, 0.2) is 5.82 Å². The number of aromatic nitrogens is 2. The fraction of sp³-hybridized carbons (Fsp3) is 0.150. The molecule has 2 aromatic carbocycles. The van der Waals surface area contributed by atoms with Crippen molar-refractivity contribution in [3.8, 4) is 5.75 Å². The van der Waals surface area contributed by atoms with E-state index in [1.807, 2.05) is 0 Å². The summed E-state index contributed by atoms with van der Waals surface area (Å²) in [5.74, 6) is -0.636. The van der Waals surface area contributed by atoms with E-state index in [1.165, 1.54) is 18.3 Å². The third-order valence-electron chi connectivity index (χ3n) is 3.98. The number of ketones is 1. The van der Waals surface area contributed by atoms with Gasteiger partial charge in [-0.25, -0.2) is 4.98 Å². The first-order chi connectivity index (χ1) is 13.7. The molecule has 0 spiro atoms. The maximum Gasteiger partial charge on any atom is 0.573 e. The molecule has 1 heterocycles. The standard InChI is InChI=1S/C20H16F3N3O3/c1-26-11-10-24-19(26)18(28)14-4-6-15(7-5-14)25-17(27)12-13-2-8-16(9-3-13)29-20(21,22)23/h2-11H,12H2,1H3,(H,25,27). The first-order valence-electron chi connectivity index (χ1n) is 8.48. The van der Waals surface area contributed by atoms with E-state index in [2.05, 4.69) is 15.0 Å². The van der Waals surface area contributed by atoms with Crippen molar-refractivity contribution < 1.29 is 27.5 Å². The average Bonchev–Trinajstić information content (AvgIpc) is 3.08. The molecule has 3 rings (SSSR count). The fourth-order valence-corrected chi connectivity index (χ4v) is 2.62. The van der Waals surface area contributed by atoms with Crippen LogP contribution in [0.5, 0.6) is 5.75 Å². The van der Waals surface area contributed by atoms with E-state index in [1.54, 1.807) is 42.1 Å². The Morgan fingerprint density at radius 1 is 1.07 bits per heavy atom. The van der Waals surface area contributed by atoms with Gasteiger partial charge in [-0.2, -0.15) is 0 Å². The molecule has 0 aliphatic heterocycles. The van der Waals surface area contributed by atoms with E-state index < -0.39 is 6.36 Å². The summed E-state index contributed by atoms with van der Waals surface area (Å²) in [6, 6.07) is 11.4. The quantitative estimate of drug-likeness (QED) is 0.637. The van der Waals surface area contributed by atoms with E-state index in [0.717, 1.165) is 12.1 Å². The topological polar surface area (TPSA) is 73.2 Å². The van der Waals surface area contributed by atoms with Gasteiger partial charge in [-0.1, -0.05) is 12.1 Å². The van der Waals surface area contributed by atoms with Crippen molar-refractivity contribution in [3.63, 3.8) is 0 Å². The summed E-state index contributed by atoms with van der Waals surface area (Å²) in [6.45, 7) is 0. The number of halogens is 3. The summed E-state index contributed by atoms with van der Waals surface area (Å²) in [5.41, 5.74) is 1.44.